The van der Waals surface area contributed by atoms with E-state index in [1.807, 2.05) is 61.6 Å². The first-order chi connectivity index (χ1) is 11.3. The largest absolute Gasteiger partial charge is 0.455 e. The van der Waals surface area contributed by atoms with Crippen LogP contribution >= 0.6 is 0 Å². The molecule has 3 atom stereocenters. The van der Waals surface area contributed by atoms with E-state index in [2.05, 4.69) is 10.6 Å². The molecule has 0 aromatic heterocycles. The van der Waals surface area contributed by atoms with Crippen LogP contribution in [0.2, 0.25) is 0 Å². The van der Waals surface area contributed by atoms with Crippen LogP contribution in [0.3, 0.4) is 0 Å². The molecule has 0 aliphatic heterocycles. The van der Waals surface area contributed by atoms with Gasteiger partial charge in [0.05, 0.1) is 17.8 Å². The van der Waals surface area contributed by atoms with Crippen molar-refractivity contribution in [2.75, 3.05) is 12.4 Å². The van der Waals surface area contributed by atoms with Crippen LogP contribution in [0.25, 0.3) is 0 Å². The molecule has 0 spiro atoms. The fraction of sp³-hybridized carbons (Fsp3) is 0.368. The molecule has 3 N–H and O–H groups in total. The minimum Gasteiger partial charge on any atom is -0.455 e. The Morgan fingerprint density at radius 1 is 0.957 bits per heavy atom. The highest BCUT2D eigenvalue weighted by molar-refractivity contribution is 5.58. The van der Waals surface area contributed by atoms with Gasteiger partial charge in [0.1, 0.15) is 5.75 Å². The van der Waals surface area contributed by atoms with E-state index in [-0.39, 0.29) is 12.1 Å². The van der Waals surface area contributed by atoms with E-state index in [9.17, 15) is 5.11 Å². The number of aliphatic hydroxyl groups is 1. The van der Waals surface area contributed by atoms with Gasteiger partial charge in [-0.2, -0.15) is 0 Å². The first-order valence-electron chi connectivity index (χ1n) is 8.21. The molecule has 1 saturated carbocycles. The van der Waals surface area contributed by atoms with Crippen molar-refractivity contribution in [1.29, 1.82) is 0 Å². The maximum atomic E-state index is 10.5. The van der Waals surface area contributed by atoms with Gasteiger partial charge in [0.15, 0.2) is 5.75 Å². The molecule has 0 saturated heterocycles. The number of nitrogens with one attached hydrogen (secondary N) is 2. The lowest BCUT2D eigenvalue weighted by atomic mass is 9.88. The Labute approximate surface area is 137 Å². The fourth-order valence-electron chi connectivity index (χ4n) is 3.14. The molecule has 3 rings (SSSR count). The first kappa shape index (κ1) is 15.8. The van der Waals surface area contributed by atoms with Gasteiger partial charge in [-0.25, -0.2) is 0 Å². The second kappa shape index (κ2) is 7.49. The Kier molecular flexibility index (Phi) is 5.16. The van der Waals surface area contributed by atoms with E-state index >= 15 is 0 Å². The van der Waals surface area contributed by atoms with Crippen molar-refractivity contribution in [2.45, 2.75) is 37.5 Å². The monoisotopic (exact) mass is 312 g/mol. The summed E-state index contributed by atoms with van der Waals surface area (Å²) in [5, 5.41) is 17.2. The lowest BCUT2D eigenvalue weighted by Gasteiger charge is -2.35. The predicted molar refractivity (Wildman–Crippen MR) is 93.1 cm³/mol. The molecular formula is C19H24N2O2. The second-order valence-corrected chi connectivity index (χ2v) is 5.98. The molecule has 2 aromatic carbocycles. The van der Waals surface area contributed by atoms with Gasteiger partial charge in [-0.15, -0.1) is 0 Å². The van der Waals surface area contributed by atoms with Crippen LogP contribution in [0, 0.1) is 0 Å². The summed E-state index contributed by atoms with van der Waals surface area (Å²) in [6.45, 7) is 0. The highest BCUT2D eigenvalue weighted by Gasteiger charge is 2.31. The molecule has 0 bridgehead atoms. The Hall–Kier alpha value is -2.04. The minimum absolute atomic E-state index is 0.0294. The van der Waals surface area contributed by atoms with Crippen molar-refractivity contribution in [2.24, 2.45) is 0 Å². The van der Waals surface area contributed by atoms with Crippen LogP contribution in [0.1, 0.15) is 19.3 Å². The molecule has 1 aliphatic rings. The third-order valence-corrected chi connectivity index (χ3v) is 4.42. The smallest absolute Gasteiger partial charge is 0.150 e. The first-order valence-corrected chi connectivity index (χ1v) is 8.21. The topological polar surface area (TPSA) is 53.5 Å². The van der Waals surface area contributed by atoms with Crippen LogP contribution < -0.4 is 15.4 Å². The molecule has 0 radical (unpaired) electrons. The average Bonchev–Trinajstić information content (AvgIpc) is 2.59. The second-order valence-electron chi connectivity index (χ2n) is 5.98. The van der Waals surface area contributed by atoms with Crippen molar-refractivity contribution in [3.05, 3.63) is 54.6 Å². The normalized spacial score (nSPS) is 24.2. The van der Waals surface area contributed by atoms with Gasteiger partial charge in [0, 0.05) is 6.04 Å². The van der Waals surface area contributed by atoms with E-state index in [1.54, 1.807) is 0 Å². The van der Waals surface area contributed by atoms with E-state index < -0.39 is 6.10 Å². The van der Waals surface area contributed by atoms with Gasteiger partial charge >= 0.3 is 0 Å². The molecule has 2 aromatic rings. The average molecular weight is 312 g/mol. The predicted octanol–water partition coefficient (Wildman–Crippen LogP) is 3.39. The summed E-state index contributed by atoms with van der Waals surface area (Å²) in [7, 11) is 1.91. The van der Waals surface area contributed by atoms with Crippen molar-refractivity contribution < 1.29 is 9.84 Å². The zero-order chi connectivity index (χ0) is 16.1. The lowest BCUT2D eigenvalue weighted by molar-refractivity contribution is 0.0824. The van der Waals surface area contributed by atoms with Crippen molar-refractivity contribution >= 4 is 5.69 Å². The Balaban J connectivity index is 1.75. The zero-order valence-corrected chi connectivity index (χ0v) is 13.4. The van der Waals surface area contributed by atoms with Crippen molar-refractivity contribution in [1.82, 2.24) is 5.32 Å². The van der Waals surface area contributed by atoms with Gasteiger partial charge in [0.25, 0.3) is 0 Å². The quantitative estimate of drug-likeness (QED) is 0.792. The number of likely N-dealkylation sites (N-methyl/N-ethyl adjacent to an activating group) is 1. The number of aliphatic hydroxyl groups excluding tert-OH is 1. The van der Waals surface area contributed by atoms with Gasteiger partial charge in [-0.3, -0.25) is 0 Å². The summed E-state index contributed by atoms with van der Waals surface area (Å²) < 4.78 is 5.98. The third kappa shape index (κ3) is 3.84. The van der Waals surface area contributed by atoms with E-state index in [1.165, 1.54) is 0 Å². The number of ether oxygens (including phenoxy) is 1. The SMILES string of the molecule is CN[C@@H]1CCC[C@@H](Nc2ccccc2Oc2ccccc2)[C@@H]1O. The van der Waals surface area contributed by atoms with Gasteiger partial charge in [-0.05, 0) is 50.6 Å². The fourth-order valence-corrected chi connectivity index (χ4v) is 3.14. The molecule has 1 fully saturated rings. The molecule has 122 valence electrons. The maximum absolute atomic E-state index is 10.5. The van der Waals surface area contributed by atoms with Crippen LogP contribution in [-0.4, -0.2) is 30.3 Å². The van der Waals surface area contributed by atoms with Gasteiger partial charge in [0.2, 0.25) is 0 Å². The van der Waals surface area contributed by atoms with Crippen LogP contribution in [0.4, 0.5) is 5.69 Å². The molecular weight excluding hydrogens is 288 g/mol. The van der Waals surface area contributed by atoms with Gasteiger partial charge < -0.3 is 20.5 Å². The van der Waals surface area contributed by atoms with E-state index in [0.29, 0.717) is 0 Å². The highest BCUT2D eigenvalue weighted by Crippen LogP contribution is 2.31. The number of anilines is 1. The number of rotatable bonds is 5. The van der Waals surface area contributed by atoms with Crippen LogP contribution in [0.5, 0.6) is 11.5 Å². The highest BCUT2D eigenvalue weighted by atomic mass is 16.5. The molecule has 0 heterocycles. The summed E-state index contributed by atoms with van der Waals surface area (Å²) in [6.07, 6.45) is 2.66. The van der Waals surface area contributed by atoms with E-state index in [4.69, 9.17) is 4.74 Å². The Morgan fingerprint density at radius 2 is 1.65 bits per heavy atom. The van der Waals surface area contributed by atoms with Crippen LogP contribution in [-0.2, 0) is 0 Å². The Bertz CT molecular complexity index is 618. The number of hydrogen-bond donors (Lipinski definition) is 3. The van der Waals surface area contributed by atoms with Crippen molar-refractivity contribution in [3.8, 4) is 11.5 Å². The minimum atomic E-state index is -0.404. The molecule has 0 amide bonds. The van der Waals surface area contributed by atoms with Gasteiger partial charge in [-0.1, -0.05) is 30.3 Å². The summed E-state index contributed by atoms with van der Waals surface area (Å²) in [5.41, 5.74) is 0.914. The third-order valence-electron chi connectivity index (χ3n) is 4.42. The number of benzene rings is 2. The number of hydrogen-bond acceptors (Lipinski definition) is 4. The van der Waals surface area contributed by atoms with Crippen molar-refractivity contribution in [3.63, 3.8) is 0 Å². The molecule has 23 heavy (non-hydrogen) atoms. The number of para-hydroxylation sites is 3. The standard InChI is InChI=1S/C19H24N2O2/c1-20-16-11-7-12-17(19(16)22)21-15-10-5-6-13-18(15)23-14-8-3-2-4-9-14/h2-6,8-10,13,16-17,19-22H,7,11-12H2,1H3/t16-,17-,19-/m1/s1. The molecule has 4 heteroatoms. The lowest BCUT2D eigenvalue weighted by Crippen LogP contribution is -2.50. The summed E-state index contributed by atoms with van der Waals surface area (Å²) >= 11 is 0. The molecule has 4 nitrogen and oxygen atoms in total. The summed E-state index contributed by atoms with van der Waals surface area (Å²) in [5.74, 6) is 1.58. The molecule has 1 aliphatic carbocycles. The zero-order valence-electron chi connectivity index (χ0n) is 13.4. The van der Waals surface area contributed by atoms with E-state index in [0.717, 1.165) is 36.4 Å². The maximum Gasteiger partial charge on any atom is 0.150 e. The Morgan fingerprint density at radius 3 is 2.43 bits per heavy atom. The summed E-state index contributed by atoms with van der Waals surface area (Å²) in [6, 6.07) is 17.8. The molecule has 0 unspecified atom stereocenters. The van der Waals surface area contributed by atoms with Crippen LogP contribution in [0.15, 0.2) is 54.6 Å². The summed E-state index contributed by atoms with van der Waals surface area (Å²) in [4.78, 5) is 0.